The second-order valence-corrected chi connectivity index (χ2v) is 5.72. The number of aromatic nitrogens is 2. The van der Waals surface area contributed by atoms with Crippen molar-refractivity contribution >= 4 is 29.0 Å². The van der Waals surface area contributed by atoms with Crippen molar-refractivity contribution in [1.82, 2.24) is 14.9 Å². The molecule has 1 aromatic carbocycles. The van der Waals surface area contributed by atoms with Crippen LogP contribution in [-0.4, -0.2) is 46.2 Å². The van der Waals surface area contributed by atoms with Gasteiger partial charge >= 0.3 is 5.97 Å². The van der Waals surface area contributed by atoms with Crippen LogP contribution in [0.5, 0.6) is 5.75 Å². The third-order valence-electron chi connectivity index (χ3n) is 3.98. The molecule has 1 unspecified atom stereocenters. The molecule has 0 saturated heterocycles. The summed E-state index contributed by atoms with van der Waals surface area (Å²) in [7, 11) is 2.97. The van der Waals surface area contributed by atoms with Crippen molar-refractivity contribution in [3.05, 3.63) is 42.0 Å². The Kier molecular flexibility index (Phi) is 4.66. The number of aromatic amines is 1. The Morgan fingerprint density at radius 3 is 2.96 bits per heavy atom. The molecule has 2 aromatic rings. The number of nitrogens with one attached hydrogen (secondary N) is 2. The SMILES string of the molecule is COC(=O)C1Cc2nc[nH]c2CN1C(=S)Nc1ccccc1OC. The molecule has 0 bridgehead atoms. The molecule has 24 heavy (non-hydrogen) atoms. The molecular weight excluding hydrogens is 328 g/mol. The number of benzene rings is 1. The van der Waals surface area contributed by atoms with Gasteiger partial charge in [-0.1, -0.05) is 12.1 Å². The maximum Gasteiger partial charge on any atom is 0.328 e. The van der Waals surface area contributed by atoms with Gasteiger partial charge < -0.3 is 24.7 Å². The Morgan fingerprint density at radius 1 is 1.42 bits per heavy atom. The number of hydrogen-bond acceptors (Lipinski definition) is 5. The third kappa shape index (κ3) is 3.05. The average Bonchev–Trinajstić information content (AvgIpc) is 3.07. The van der Waals surface area contributed by atoms with Crippen LogP contribution in [-0.2, 0) is 22.5 Å². The van der Waals surface area contributed by atoms with Gasteiger partial charge in [0.05, 0.1) is 44.2 Å². The first-order valence-corrected chi connectivity index (χ1v) is 7.84. The number of rotatable bonds is 3. The second-order valence-electron chi connectivity index (χ2n) is 5.33. The molecule has 1 atom stereocenters. The van der Waals surface area contributed by atoms with Gasteiger partial charge in [-0.05, 0) is 24.4 Å². The van der Waals surface area contributed by atoms with Crippen molar-refractivity contribution in [2.45, 2.75) is 19.0 Å². The Bertz CT molecular complexity index is 761. The highest BCUT2D eigenvalue weighted by Crippen LogP contribution is 2.26. The maximum absolute atomic E-state index is 12.2. The summed E-state index contributed by atoms with van der Waals surface area (Å²) >= 11 is 5.53. The Labute approximate surface area is 145 Å². The summed E-state index contributed by atoms with van der Waals surface area (Å²) in [5, 5.41) is 3.58. The fourth-order valence-corrected chi connectivity index (χ4v) is 3.03. The van der Waals surface area contributed by atoms with Crippen LogP contribution in [0.15, 0.2) is 30.6 Å². The highest BCUT2D eigenvalue weighted by atomic mass is 32.1. The number of esters is 1. The van der Waals surface area contributed by atoms with E-state index in [0.29, 0.717) is 23.8 Å². The topological polar surface area (TPSA) is 79.5 Å². The minimum Gasteiger partial charge on any atom is -0.495 e. The number of carbonyl (C=O) groups excluding carboxylic acids is 1. The molecule has 1 aromatic heterocycles. The molecule has 2 heterocycles. The third-order valence-corrected chi connectivity index (χ3v) is 4.32. The van der Waals surface area contributed by atoms with Gasteiger partial charge in [-0.15, -0.1) is 0 Å². The lowest BCUT2D eigenvalue weighted by atomic mass is 10.0. The van der Waals surface area contributed by atoms with Crippen LogP contribution in [0.1, 0.15) is 11.4 Å². The molecule has 8 heteroatoms. The molecule has 0 aliphatic carbocycles. The fraction of sp³-hybridized carbons (Fsp3) is 0.312. The summed E-state index contributed by atoms with van der Waals surface area (Å²) < 4.78 is 10.3. The predicted octanol–water partition coefficient (Wildman–Crippen LogP) is 1.71. The first-order valence-electron chi connectivity index (χ1n) is 7.43. The van der Waals surface area contributed by atoms with E-state index in [4.69, 9.17) is 21.7 Å². The normalized spacial score (nSPS) is 16.2. The number of ether oxygens (including phenoxy) is 2. The summed E-state index contributed by atoms with van der Waals surface area (Å²) in [5.41, 5.74) is 2.55. The van der Waals surface area contributed by atoms with E-state index in [0.717, 1.165) is 17.1 Å². The van der Waals surface area contributed by atoms with Gasteiger partial charge in [-0.3, -0.25) is 0 Å². The van der Waals surface area contributed by atoms with E-state index in [1.54, 1.807) is 18.3 Å². The number of fused-ring (bicyclic) bond motifs is 1. The molecule has 2 N–H and O–H groups in total. The number of nitrogens with zero attached hydrogens (tertiary/aromatic N) is 2. The second kappa shape index (κ2) is 6.88. The predicted molar refractivity (Wildman–Crippen MR) is 92.9 cm³/mol. The van der Waals surface area contributed by atoms with E-state index in [2.05, 4.69) is 15.3 Å². The Hall–Kier alpha value is -2.61. The van der Waals surface area contributed by atoms with Gasteiger partial charge in [0.15, 0.2) is 5.11 Å². The van der Waals surface area contributed by atoms with Crippen LogP contribution in [0.4, 0.5) is 5.69 Å². The van der Waals surface area contributed by atoms with E-state index in [-0.39, 0.29) is 5.97 Å². The number of imidazole rings is 1. The van der Waals surface area contributed by atoms with Gasteiger partial charge in [0, 0.05) is 6.42 Å². The molecule has 0 amide bonds. The lowest BCUT2D eigenvalue weighted by molar-refractivity contribution is -0.145. The number of hydrogen-bond donors (Lipinski definition) is 2. The number of H-pyrrole nitrogens is 1. The first kappa shape index (κ1) is 16.3. The molecule has 7 nitrogen and oxygen atoms in total. The lowest BCUT2D eigenvalue weighted by Crippen LogP contribution is -2.50. The molecule has 1 aliphatic rings. The molecule has 126 valence electrons. The van der Waals surface area contributed by atoms with Gasteiger partial charge in [-0.25, -0.2) is 9.78 Å². The zero-order chi connectivity index (χ0) is 17.1. The van der Waals surface area contributed by atoms with Crippen molar-refractivity contribution in [3.8, 4) is 5.75 Å². The molecule has 1 aliphatic heterocycles. The summed E-state index contributed by atoms with van der Waals surface area (Å²) in [6.45, 7) is 0.454. The zero-order valence-electron chi connectivity index (χ0n) is 13.4. The number of para-hydroxylation sites is 2. The standard InChI is InChI=1S/C16H18N4O3S/c1-22-14-6-4-3-5-10(14)19-16(24)20-8-12-11(17-9-18-12)7-13(20)15(21)23-2/h3-6,9,13H,7-8H2,1-2H3,(H,17,18)(H,19,24). The first-order chi connectivity index (χ1) is 11.6. The van der Waals surface area contributed by atoms with E-state index in [9.17, 15) is 4.79 Å². The van der Waals surface area contributed by atoms with Crippen molar-refractivity contribution < 1.29 is 14.3 Å². The van der Waals surface area contributed by atoms with Crippen molar-refractivity contribution in [2.75, 3.05) is 19.5 Å². The van der Waals surface area contributed by atoms with Crippen LogP contribution in [0.25, 0.3) is 0 Å². The number of carbonyl (C=O) groups is 1. The highest BCUT2D eigenvalue weighted by molar-refractivity contribution is 7.80. The fourth-order valence-electron chi connectivity index (χ4n) is 2.73. The van der Waals surface area contributed by atoms with Crippen LogP contribution >= 0.6 is 12.2 Å². The van der Waals surface area contributed by atoms with E-state index >= 15 is 0 Å². The smallest absolute Gasteiger partial charge is 0.328 e. The minimum absolute atomic E-state index is 0.340. The molecule has 0 spiro atoms. The van der Waals surface area contributed by atoms with Crippen LogP contribution in [0.2, 0.25) is 0 Å². The van der Waals surface area contributed by atoms with Crippen molar-refractivity contribution in [1.29, 1.82) is 0 Å². The van der Waals surface area contributed by atoms with Crippen molar-refractivity contribution in [3.63, 3.8) is 0 Å². The lowest BCUT2D eigenvalue weighted by Gasteiger charge is -2.35. The van der Waals surface area contributed by atoms with E-state index < -0.39 is 6.04 Å². The summed E-state index contributed by atoms with van der Waals surface area (Å²) in [6, 6.07) is 6.95. The quantitative estimate of drug-likeness (QED) is 0.647. The van der Waals surface area contributed by atoms with Gasteiger partial charge in [-0.2, -0.15) is 0 Å². The van der Waals surface area contributed by atoms with Crippen molar-refractivity contribution in [2.24, 2.45) is 0 Å². The molecular formula is C16H18N4O3S. The summed E-state index contributed by atoms with van der Waals surface area (Å²) in [5.74, 6) is 0.335. The molecule has 0 radical (unpaired) electrons. The highest BCUT2D eigenvalue weighted by Gasteiger charge is 2.35. The monoisotopic (exact) mass is 346 g/mol. The summed E-state index contributed by atoms with van der Waals surface area (Å²) in [6.07, 6.45) is 2.07. The van der Waals surface area contributed by atoms with E-state index in [1.807, 2.05) is 24.3 Å². The van der Waals surface area contributed by atoms with Crippen LogP contribution in [0.3, 0.4) is 0 Å². The maximum atomic E-state index is 12.2. The van der Waals surface area contributed by atoms with Crippen LogP contribution < -0.4 is 10.1 Å². The molecule has 0 fully saturated rings. The number of anilines is 1. The average molecular weight is 346 g/mol. The van der Waals surface area contributed by atoms with Gasteiger partial charge in [0.2, 0.25) is 0 Å². The Balaban J connectivity index is 1.85. The molecule has 0 saturated carbocycles. The summed E-state index contributed by atoms with van der Waals surface area (Å²) in [4.78, 5) is 21.3. The van der Waals surface area contributed by atoms with Gasteiger partial charge in [0.25, 0.3) is 0 Å². The molecule has 3 rings (SSSR count). The minimum atomic E-state index is -0.513. The number of thiocarbonyl (C=S) groups is 1. The zero-order valence-corrected chi connectivity index (χ0v) is 14.2. The van der Waals surface area contributed by atoms with Gasteiger partial charge in [0.1, 0.15) is 11.8 Å². The van der Waals surface area contributed by atoms with Crippen LogP contribution in [0, 0.1) is 0 Å². The van der Waals surface area contributed by atoms with E-state index in [1.165, 1.54) is 7.11 Å². The largest absolute Gasteiger partial charge is 0.495 e. The number of methoxy groups -OCH3 is 2. The Morgan fingerprint density at radius 2 is 2.21 bits per heavy atom.